The van der Waals surface area contributed by atoms with Crippen molar-refractivity contribution in [3.05, 3.63) is 65.0 Å². The van der Waals surface area contributed by atoms with E-state index in [-0.39, 0.29) is 24.9 Å². The van der Waals surface area contributed by atoms with Crippen molar-refractivity contribution >= 4 is 6.03 Å². The van der Waals surface area contributed by atoms with Gasteiger partial charge in [-0.2, -0.15) is 0 Å². The van der Waals surface area contributed by atoms with E-state index < -0.39 is 5.82 Å². The van der Waals surface area contributed by atoms with E-state index in [0.29, 0.717) is 25.1 Å². The SMILES string of the molecule is CCOc1ccc(CNC(=O)NCCc2ccc(CO)cc2)cc1F. The summed E-state index contributed by atoms with van der Waals surface area (Å²) in [6.45, 7) is 2.94. The lowest BCUT2D eigenvalue weighted by Crippen LogP contribution is -2.36. The van der Waals surface area contributed by atoms with Crippen LogP contribution in [0, 0.1) is 5.82 Å². The first-order valence-electron chi connectivity index (χ1n) is 8.24. The first-order chi connectivity index (χ1) is 12.1. The van der Waals surface area contributed by atoms with E-state index >= 15 is 0 Å². The van der Waals surface area contributed by atoms with Crippen molar-refractivity contribution in [2.24, 2.45) is 0 Å². The van der Waals surface area contributed by atoms with E-state index in [1.54, 1.807) is 19.1 Å². The molecule has 25 heavy (non-hydrogen) atoms. The number of aliphatic hydroxyl groups excluding tert-OH is 1. The van der Waals surface area contributed by atoms with E-state index in [1.165, 1.54) is 6.07 Å². The molecule has 0 atom stereocenters. The Morgan fingerprint density at radius 3 is 2.40 bits per heavy atom. The molecule has 3 N–H and O–H groups in total. The van der Waals surface area contributed by atoms with Gasteiger partial charge >= 0.3 is 6.03 Å². The third-order valence-electron chi connectivity index (χ3n) is 3.65. The predicted molar refractivity (Wildman–Crippen MR) is 93.9 cm³/mol. The molecule has 0 aliphatic heterocycles. The number of halogens is 1. The number of rotatable bonds is 8. The van der Waals surface area contributed by atoms with Crippen LogP contribution in [-0.4, -0.2) is 24.3 Å². The first kappa shape index (κ1) is 18.7. The average molecular weight is 346 g/mol. The number of aliphatic hydroxyl groups is 1. The molecule has 0 fully saturated rings. The quantitative estimate of drug-likeness (QED) is 0.688. The van der Waals surface area contributed by atoms with Crippen molar-refractivity contribution < 1.29 is 19.0 Å². The third kappa shape index (κ3) is 6.08. The highest BCUT2D eigenvalue weighted by Gasteiger charge is 2.06. The van der Waals surface area contributed by atoms with Gasteiger partial charge in [0, 0.05) is 13.1 Å². The number of hydrogen-bond donors (Lipinski definition) is 3. The molecule has 0 saturated carbocycles. The number of ether oxygens (including phenoxy) is 1. The number of amides is 2. The first-order valence-corrected chi connectivity index (χ1v) is 8.24. The molecule has 5 nitrogen and oxygen atoms in total. The summed E-state index contributed by atoms with van der Waals surface area (Å²) in [5.74, 6) is -0.226. The Labute approximate surface area is 146 Å². The second-order valence-electron chi connectivity index (χ2n) is 5.53. The van der Waals surface area contributed by atoms with Gasteiger partial charge in [-0.1, -0.05) is 30.3 Å². The molecule has 2 amide bonds. The fourth-order valence-electron chi connectivity index (χ4n) is 2.30. The lowest BCUT2D eigenvalue weighted by molar-refractivity contribution is 0.240. The number of urea groups is 1. The van der Waals surface area contributed by atoms with Crippen molar-refractivity contribution in [2.75, 3.05) is 13.2 Å². The van der Waals surface area contributed by atoms with E-state index in [4.69, 9.17) is 9.84 Å². The number of hydrogen-bond acceptors (Lipinski definition) is 3. The van der Waals surface area contributed by atoms with Gasteiger partial charge in [0.15, 0.2) is 11.6 Å². The predicted octanol–water partition coefficient (Wildman–Crippen LogP) is 2.76. The monoisotopic (exact) mass is 346 g/mol. The summed E-state index contributed by atoms with van der Waals surface area (Å²) in [4.78, 5) is 11.8. The molecule has 134 valence electrons. The minimum absolute atomic E-state index is 0.0209. The molecular formula is C19H23FN2O3. The number of carbonyl (C=O) groups excluding carboxylic acids is 1. The topological polar surface area (TPSA) is 70.6 Å². The highest BCUT2D eigenvalue weighted by molar-refractivity contribution is 5.73. The highest BCUT2D eigenvalue weighted by Crippen LogP contribution is 2.18. The number of benzene rings is 2. The fraction of sp³-hybridized carbons (Fsp3) is 0.316. The van der Waals surface area contributed by atoms with Crippen LogP contribution in [0.2, 0.25) is 0 Å². The van der Waals surface area contributed by atoms with Gasteiger partial charge < -0.3 is 20.5 Å². The summed E-state index contributed by atoms with van der Waals surface area (Å²) in [6.07, 6.45) is 0.691. The van der Waals surface area contributed by atoms with Crippen molar-refractivity contribution in [2.45, 2.75) is 26.5 Å². The maximum Gasteiger partial charge on any atom is 0.315 e. The van der Waals surface area contributed by atoms with Crippen LogP contribution >= 0.6 is 0 Å². The molecule has 2 aromatic rings. The summed E-state index contributed by atoms with van der Waals surface area (Å²) in [7, 11) is 0. The van der Waals surface area contributed by atoms with Crippen LogP contribution in [0.3, 0.4) is 0 Å². The van der Waals surface area contributed by atoms with Gasteiger partial charge in [0.1, 0.15) is 0 Å². The summed E-state index contributed by atoms with van der Waals surface area (Å²) < 4.78 is 18.9. The molecule has 0 heterocycles. The Kier molecular flexibility index (Phi) is 7.22. The van der Waals surface area contributed by atoms with Crippen LogP contribution in [0.4, 0.5) is 9.18 Å². The summed E-state index contributed by atoms with van der Waals surface area (Å²) >= 11 is 0. The minimum Gasteiger partial charge on any atom is -0.491 e. The van der Waals surface area contributed by atoms with Crippen LogP contribution in [-0.2, 0) is 19.6 Å². The summed E-state index contributed by atoms with van der Waals surface area (Å²) in [5, 5.41) is 14.4. The van der Waals surface area contributed by atoms with Gasteiger partial charge in [0.05, 0.1) is 13.2 Å². The molecule has 0 saturated heterocycles. The third-order valence-corrected chi connectivity index (χ3v) is 3.65. The van der Waals surface area contributed by atoms with Gasteiger partial charge in [0.25, 0.3) is 0 Å². The number of nitrogens with one attached hydrogen (secondary N) is 2. The molecule has 0 aromatic heterocycles. The largest absolute Gasteiger partial charge is 0.491 e. The smallest absolute Gasteiger partial charge is 0.315 e. The normalized spacial score (nSPS) is 10.4. The zero-order valence-corrected chi connectivity index (χ0v) is 14.2. The van der Waals surface area contributed by atoms with E-state index in [1.807, 2.05) is 24.3 Å². The van der Waals surface area contributed by atoms with E-state index in [9.17, 15) is 9.18 Å². The molecule has 2 rings (SSSR count). The molecule has 0 aliphatic rings. The Hall–Kier alpha value is -2.60. The van der Waals surface area contributed by atoms with Crippen molar-refractivity contribution in [1.29, 1.82) is 0 Å². The molecular weight excluding hydrogens is 323 g/mol. The summed E-state index contributed by atoms with van der Waals surface area (Å²) in [5.41, 5.74) is 2.60. The maximum atomic E-state index is 13.7. The molecule has 0 unspecified atom stereocenters. The zero-order chi connectivity index (χ0) is 18.1. The van der Waals surface area contributed by atoms with E-state index in [0.717, 1.165) is 11.1 Å². The molecule has 0 radical (unpaired) electrons. The summed E-state index contributed by atoms with van der Waals surface area (Å²) in [6, 6.07) is 11.9. The van der Waals surface area contributed by atoms with Crippen molar-refractivity contribution in [3.63, 3.8) is 0 Å². The molecule has 6 heteroatoms. The van der Waals surface area contributed by atoms with Gasteiger partial charge in [-0.05, 0) is 42.2 Å². The Bertz CT molecular complexity index is 690. The van der Waals surface area contributed by atoms with Crippen molar-refractivity contribution in [3.8, 4) is 5.75 Å². The lowest BCUT2D eigenvalue weighted by Gasteiger charge is -2.09. The van der Waals surface area contributed by atoms with Crippen LogP contribution in [0.25, 0.3) is 0 Å². The standard InChI is InChI=1S/C19H23FN2O3/c1-2-25-18-8-7-16(11-17(18)20)12-22-19(24)21-10-9-14-3-5-15(13-23)6-4-14/h3-8,11,23H,2,9-10,12-13H2,1H3,(H2,21,22,24). The fourth-order valence-corrected chi connectivity index (χ4v) is 2.30. The maximum absolute atomic E-state index is 13.7. The molecule has 2 aromatic carbocycles. The van der Waals surface area contributed by atoms with Gasteiger partial charge in [-0.25, -0.2) is 9.18 Å². The second-order valence-corrected chi connectivity index (χ2v) is 5.53. The van der Waals surface area contributed by atoms with Crippen LogP contribution < -0.4 is 15.4 Å². The van der Waals surface area contributed by atoms with Gasteiger partial charge in [-0.3, -0.25) is 0 Å². The Balaban J connectivity index is 1.72. The highest BCUT2D eigenvalue weighted by atomic mass is 19.1. The molecule has 0 aliphatic carbocycles. The molecule has 0 bridgehead atoms. The van der Waals surface area contributed by atoms with Crippen LogP contribution in [0.5, 0.6) is 5.75 Å². The minimum atomic E-state index is -0.437. The van der Waals surface area contributed by atoms with Crippen LogP contribution in [0.15, 0.2) is 42.5 Å². The van der Waals surface area contributed by atoms with Crippen molar-refractivity contribution in [1.82, 2.24) is 10.6 Å². The van der Waals surface area contributed by atoms with Crippen LogP contribution in [0.1, 0.15) is 23.6 Å². The Morgan fingerprint density at radius 2 is 1.76 bits per heavy atom. The second kappa shape index (κ2) is 9.64. The average Bonchev–Trinajstić information content (AvgIpc) is 2.63. The van der Waals surface area contributed by atoms with E-state index in [2.05, 4.69) is 10.6 Å². The van der Waals surface area contributed by atoms with Gasteiger partial charge in [0.2, 0.25) is 0 Å². The zero-order valence-electron chi connectivity index (χ0n) is 14.2. The van der Waals surface area contributed by atoms with Gasteiger partial charge in [-0.15, -0.1) is 0 Å². The lowest BCUT2D eigenvalue weighted by atomic mass is 10.1. The number of carbonyl (C=O) groups is 1. The Morgan fingerprint density at radius 1 is 1.08 bits per heavy atom. The molecule has 0 spiro atoms.